The van der Waals surface area contributed by atoms with Gasteiger partial charge in [-0.2, -0.15) is 11.3 Å². The van der Waals surface area contributed by atoms with Crippen molar-refractivity contribution in [1.29, 1.82) is 0 Å². The third-order valence-corrected chi connectivity index (χ3v) is 2.81. The predicted molar refractivity (Wildman–Crippen MR) is 57.7 cm³/mol. The minimum Gasteiger partial charge on any atom is -0.479 e. The van der Waals surface area contributed by atoms with Crippen molar-refractivity contribution < 1.29 is 14.7 Å². The molecule has 0 saturated heterocycles. The van der Waals surface area contributed by atoms with Gasteiger partial charge in [0.1, 0.15) is 0 Å². The van der Waals surface area contributed by atoms with Crippen LogP contribution >= 0.6 is 11.3 Å². The van der Waals surface area contributed by atoms with E-state index in [9.17, 15) is 9.59 Å². The number of rotatable bonds is 5. The quantitative estimate of drug-likeness (QED) is 0.779. The molecule has 15 heavy (non-hydrogen) atoms. The largest absolute Gasteiger partial charge is 0.479 e. The van der Waals surface area contributed by atoms with Crippen molar-refractivity contribution in [2.45, 2.75) is 25.9 Å². The fraction of sp³-hybridized carbons (Fsp3) is 0.400. The molecule has 1 atom stereocenters. The molecule has 0 aliphatic carbocycles. The number of hydrogen-bond acceptors (Lipinski definition) is 3. The van der Waals surface area contributed by atoms with Crippen LogP contribution < -0.4 is 0 Å². The molecule has 0 aliphatic heterocycles. The molecule has 0 aliphatic rings. The lowest BCUT2D eigenvalue weighted by Crippen LogP contribution is -2.37. The zero-order chi connectivity index (χ0) is 11.4. The summed E-state index contributed by atoms with van der Waals surface area (Å²) in [5.41, 5.74) is 0.647. The van der Waals surface area contributed by atoms with E-state index in [1.54, 1.807) is 30.7 Å². The summed E-state index contributed by atoms with van der Waals surface area (Å²) in [5, 5.41) is 12.6. The number of carbonyl (C=O) groups excluding carboxylic acids is 1. The van der Waals surface area contributed by atoms with Crippen LogP contribution in [0.15, 0.2) is 16.8 Å². The Hall–Kier alpha value is -1.36. The van der Waals surface area contributed by atoms with E-state index in [0.717, 1.165) is 0 Å². The number of thiophene rings is 1. The van der Waals surface area contributed by atoms with Gasteiger partial charge in [-0.3, -0.25) is 4.79 Å². The molecule has 1 amide bonds. The first-order chi connectivity index (χ1) is 7.07. The minimum absolute atomic E-state index is 0.136. The molecular formula is C10H13NO3S. The Kier molecular flexibility index (Phi) is 3.85. The van der Waals surface area contributed by atoms with Gasteiger partial charge in [0.05, 0.1) is 0 Å². The summed E-state index contributed by atoms with van der Waals surface area (Å²) in [5.74, 6) is -1.01. The number of nitrogens with zero attached hydrogens (tertiary/aromatic N) is 1. The lowest BCUT2D eigenvalue weighted by atomic mass is 10.1. The topological polar surface area (TPSA) is 57.6 Å². The van der Waals surface area contributed by atoms with Crippen molar-refractivity contribution in [2.75, 3.05) is 0 Å². The van der Waals surface area contributed by atoms with Crippen molar-refractivity contribution in [2.24, 2.45) is 0 Å². The van der Waals surface area contributed by atoms with Crippen molar-refractivity contribution in [1.82, 2.24) is 4.90 Å². The molecule has 0 aromatic carbocycles. The maximum Gasteiger partial charge on any atom is 0.331 e. The summed E-state index contributed by atoms with van der Waals surface area (Å²) in [4.78, 5) is 23.3. The monoisotopic (exact) mass is 227 g/mol. The van der Waals surface area contributed by atoms with Crippen LogP contribution in [0.4, 0.5) is 0 Å². The van der Waals surface area contributed by atoms with E-state index in [0.29, 0.717) is 12.0 Å². The van der Waals surface area contributed by atoms with E-state index in [2.05, 4.69) is 0 Å². The molecule has 0 radical (unpaired) electrons. The molecule has 1 heterocycles. The van der Waals surface area contributed by atoms with Crippen LogP contribution in [0.2, 0.25) is 0 Å². The fourth-order valence-corrected chi connectivity index (χ4v) is 2.03. The van der Waals surface area contributed by atoms with Gasteiger partial charge in [0.15, 0.2) is 6.04 Å². The number of aliphatic carboxylic acids is 1. The van der Waals surface area contributed by atoms with Crippen LogP contribution in [0.5, 0.6) is 0 Å². The van der Waals surface area contributed by atoms with E-state index in [1.165, 1.54) is 16.2 Å². The first kappa shape index (κ1) is 11.7. The van der Waals surface area contributed by atoms with Crippen molar-refractivity contribution in [3.05, 3.63) is 22.4 Å². The first-order valence-electron chi connectivity index (χ1n) is 4.55. The standard InChI is InChI=1S/C10H13NO3S/c1-7(2)11(6-12)9(10(13)14)8-3-4-15-5-8/h3-7,9H,1-2H3,(H,13,14). The second kappa shape index (κ2) is 4.93. The summed E-state index contributed by atoms with van der Waals surface area (Å²) in [6.07, 6.45) is 0.584. The second-order valence-electron chi connectivity index (χ2n) is 3.44. The normalized spacial score (nSPS) is 12.5. The van der Waals surface area contributed by atoms with Crippen LogP contribution in [0.25, 0.3) is 0 Å². The van der Waals surface area contributed by atoms with Crippen LogP contribution in [-0.2, 0) is 9.59 Å². The van der Waals surface area contributed by atoms with Gasteiger partial charge in [0, 0.05) is 6.04 Å². The zero-order valence-corrected chi connectivity index (χ0v) is 9.40. The van der Waals surface area contributed by atoms with E-state index >= 15 is 0 Å². The van der Waals surface area contributed by atoms with Gasteiger partial charge in [0.2, 0.25) is 6.41 Å². The summed E-state index contributed by atoms with van der Waals surface area (Å²) in [6.45, 7) is 3.58. The molecule has 1 N–H and O–H groups in total. The van der Waals surface area contributed by atoms with E-state index in [1.807, 2.05) is 0 Å². The Bertz CT molecular complexity index is 334. The average Bonchev–Trinajstić information content (AvgIpc) is 2.64. The van der Waals surface area contributed by atoms with Gasteiger partial charge in [-0.15, -0.1) is 0 Å². The zero-order valence-electron chi connectivity index (χ0n) is 8.58. The molecule has 1 rings (SSSR count). The molecule has 1 aromatic heterocycles. The fourth-order valence-electron chi connectivity index (χ4n) is 1.35. The number of carboxylic acids is 1. The highest BCUT2D eigenvalue weighted by molar-refractivity contribution is 7.08. The summed E-state index contributed by atoms with van der Waals surface area (Å²) >= 11 is 1.42. The average molecular weight is 227 g/mol. The highest BCUT2D eigenvalue weighted by atomic mass is 32.1. The van der Waals surface area contributed by atoms with Crippen LogP contribution in [0.1, 0.15) is 25.5 Å². The van der Waals surface area contributed by atoms with E-state index < -0.39 is 12.0 Å². The molecule has 1 aromatic rings. The smallest absolute Gasteiger partial charge is 0.331 e. The molecule has 4 nitrogen and oxygen atoms in total. The Morgan fingerprint density at radius 3 is 2.60 bits per heavy atom. The molecule has 1 unspecified atom stereocenters. The maximum atomic E-state index is 11.1. The highest BCUT2D eigenvalue weighted by Crippen LogP contribution is 2.23. The molecule has 5 heteroatoms. The van der Waals surface area contributed by atoms with Crippen molar-refractivity contribution >= 4 is 23.7 Å². The summed E-state index contributed by atoms with van der Waals surface area (Å²) < 4.78 is 0. The number of amides is 1. The molecule has 0 saturated carbocycles. The van der Waals surface area contributed by atoms with Crippen molar-refractivity contribution in [3.63, 3.8) is 0 Å². The molecule has 0 fully saturated rings. The Morgan fingerprint density at radius 1 is 1.60 bits per heavy atom. The van der Waals surface area contributed by atoms with Crippen LogP contribution in [-0.4, -0.2) is 28.4 Å². The number of carboxylic acid groups (broad SMARTS) is 1. The highest BCUT2D eigenvalue weighted by Gasteiger charge is 2.28. The molecule has 0 bridgehead atoms. The predicted octanol–water partition coefficient (Wildman–Crippen LogP) is 1.74. The Labute approximate surface area is 92.1 Å². The van der Waals surface area contributed by atoms with Gasteiger partial charge in [-0.25, -0.2) is 4.79 Å². The maximum absolute atomic E-state index is 11.1. The SMILES string of the molecule is CC(C)N(C=O)C(C(=O)O)c1ccsc1. The lowest BCUT2D eigenvalue weighted by molar-refractivity contribution is -0.147. The third kappa shape index (κ3) is 2.56. The van der Waals surface area contributed by atoms with Gasteiger partial charge in [0.25, 0.3) is 0 Å². The molecular weight excluding hydrogens is 214 g/mol. The molecule has 0 spiro atoms. The summed E-state index contributed by atoms with van der Waals surface area (Å²) in [7, 11) is 0. The van der Waals surface area contributed by atoms with E-state index in [4.69, 9.17) is 5.11 Å². The second-order valence-corrected chi connectivity index (χ2v) is 4.22. The Morgan fingerprint density at radius 2 is 2.27 bits per heavy atom. The Balaban J connectivity index is 3.02. The van der Waals surface area contributed by atoms with E-state index in [-0.39, 0.29) is 6.04 Å². The number of hydrogen-bond donors (Lipinski definition) is 1. The van der Waals surface area contributed by atoms with Crippen LogP contribution in [0.3, 0.4) is 0 Å². The van der Waals surface area contributed by atoms with Gasteiger partial charge < -0.3 is 10.0 Å². The summed E-state index contributed by atoms with van der Waals surface area (Å²) in [6, 6.07) is 0.708. The van der Waals surface area contributed by atoms with Gasteiger partial charge >= 0.3 is 5.97 Å². The lowest BCUT2D eigenvalue weighted by Gasteiger charge is -2.28. The first-order valence-corrected chi connectivity index (χ1v) is 5.49. The molecule has 82 valence electrons. The van der Waals surface area contributed by atoms with Crippen LogP contribution in [0, 0.1) is 0 Å². The van der Waals surface area contributed by atoms with Crippen molar-refractivity contribution in [3.8, 4) is 0 Å². The number of carbonyl (C=O) groups is 2. The third-order valence-electron chi connectivity index (χ3n) is 2.11. The van der Waals surface area contributed by atoms with Gasteiger partial charge in [-0.05, 0) is 36.2 Å². The minimum atomic E-state index is -1.01. The van der Waals surface area contributed by atoms with Gasteiger partial charge in [-0.1, -0.05) is 0 Å².